The maximum Gasteiger partial charge on any atom is 0.244 e. The molecule has 1 rings (SSSR count). The number of carbonyl (C=O) groups excluding carboxylic acids is 1. The zero-order chi connectivity index (χ0) is 8.97. The largest absolute Gasteiger partial charge is 0.367 e. The maximum atomic E-state index is 10.7. The standard InChI is InChI=1S/C7H9N3OS/c8-3-1-2-6(12)10-5-4-9-7(5)11/h5H,1-2,4H2,(H,9,11)(H,10,12). The minimum absolute atomic E-state index is 0.0192. The van der Waals surface area contributed by atoms with E-state index in [1.54, 1.807) is 0 Å². The van der Waals surface area contributed by atoms with Gasteiger partial charge in [0.25, 0.3) is 0 Å². The maximum absolute atomic E-state index is 10.7. The third-order valence-corrected chi connectivity index (χ3v) is 1.92. The number of hydrogen-bond donors (Lipinski definition) is 2. The van der Waals surface area contributed by atoms with Crippen LogP contribution in [0.3, 0.4) is 0 Å². The summed E-state index contributed by atoms with van der Waals surface area (Å²) in [5, 5.41) is 13.7. The minimum Gasteiger partial charge on any atom is -0.367 e. The average Bonchev–Trinajstić information content (AvgIpc) is 2.08. The van der Waals surface area contributed by atoms with Crippen molar-refractivity contribution in [3.8, 4) is 6.07 Å². The molecule has 1 atom stereocenters. The Morgan fingerprint density at radius 1 is 1.92 bits per heavy atom. The van der Waals surface area contributed by atoms with Crippen molar-refractivity contribution in [1.29, 1.82) is 5.26 Å². The summed E-state index contributed by atoms with van der Waals surface area (Å²) in [5.41, 5.74) is 0. The van der Waals surface area contributed by atoms with Gasteiger partial charge < -0.3 is 10.6 Å². The Hall–Kier alpha value is -1.15. The van der Waals surface area contributed by atoms with Gasteiger partial charge in [0.05, 0.1) is 11.1 Å². The molecule has 5 heteroatoms. The highest BCUT2D eigenvalue weighted by atomic mass is 32.1. The molecule has 12 heavy (non-hydrogen) atoms. The fourth-order valence-corrected chi connectivity index (χ4v) is 1.08. The number of thiocarbonyl (C=S) groups is 1. The third kappa shape index (κ3) is 2.17. The molecule has 0 aliphatic carbocycles. The van der Waals surface area contributed by atoms with Gasteiger partial charge in [-0.2, -0.15) is 5.26 Å². The molecule has 1 amide bonds. The van der Waals surface area contributed by atoms with Crippen LogP contribution in [-0.4, -0.2) is 23.5 Å². The fraction of sp³-hybridized carbons (Fsp3) is 0.571. The van der Waals surface area contributed by atoms with Crippen molar-refractivity contribution in [3.05, 3.63) is 0 Å². The number of rotatable bonds is 3. The second-order valence-corrected chi connectivity index (χ2v) is 3.02. The van der Waals surface area contributed by atoms with Crippen molar-refractivity contribution in [2.45, 2.75) is 18.9 Å². The second kappa shape index (κ2) is 4.02. The van der Waals surface area contributed by atoms with Crippen LogP contribution in [0.25, 0.3) is 0 Å². The van der Waals surface area contributed by atoms with E-state index >= 15 is 0 Å². The van der Waals surface area contributed by atoms with E-state index in [1.165, 1.54) is 0 Å². The number of hydrogen-bond acceptors (Lipinski definition) is 3. The molecule has 1 saturated heterocycles. The highest BCUT2D eigenvalue weighted by Gasteiger charge is 2.27. The topological polar surface area (TPSA) is 64.9 Å². The third-order valence-electron chi connectivity index (χ3n) is 1.60. The zero-order valence-corrected chi connectivity index (χ0v) is 7.28. The molecule has 1 aliphatic heterocycles. The predicted molar refractivity (Wildman–Crippen MR) is 47.4 cm³/mol. The molecule has 0 aromatic rings. The molecule has 1 aliphatic rings. The van der Waals surface area contributed by atoms with Gasteiger partial charge >= 0.3 is 0 Å². The average molecular weight is 183 g/mol. The summed E-state index contributed by atoms with van der Waals surface area (Å²) >= 11 is 4.91. The van der Waals surface area contributed by atoms with Crippen LogP contribution in [0.5, 0.6) is 0 Å². The Kier molecular flexibility index (Phi) is 3.00. The normalized spacial score (nSPS) is 20.2. The van der Waals surface area contributed by atoms with Gasteiger partial charge in [0.2, 0.25) is 5.91 Å². The summed E-state index contributed by atoms with van der Waals surface area (Å²) in [5.74, 6) is -0.0192. The van der Waals surface area contributed by atoms with Gasteiger partial charge in [0.15, 0.2) is 0 Å². The molecule has 0 aromatic carbocycles. The Morgan fingerprint density at radius 3 is 3.08 bits per heavy atom. The second-order valence-electron chi connectivity index (χ2n) is 2.52. The van der Waals surface area contributed by atoms with Crippen LogP contribution < -0.4 is 10.6 Å². The number of nitrogens with one attached hydrogen (secondary N) is 2. The van der Waals surface area contributed by atoms with Gasteiger partial charge in [-0.3, -0.25) is 4.79 Å². The Bertz CT molecular complexity index is 246. The molecule has 1 heterocycles. The molecular formula is C7H9N3OS. The van der Waals surface area contributed by atoms with Gasteiger partial charge in [-0.05, 0) is 0 Å². The van der Waals surface area contributed by atoms with Gasteiger partial charge in [-0.1, -0.05) is 12.2 Å². The number of β-lactam (4-membered cyclic amide) rings is 1. The van der Waals surface area contributed by atoms with E-state index in [0.29, 0.717) is 24.4 Å². The fourth-order valence-electron chi connectivity index (χ4n) is 0.840. The van der Waals surface area contributed by atoms with Crippen molar-refractivity contribution in [3.63, 3.8) is 0 Å². The van der Waals surface area contributed by atoms with Crippen molar-refractivity contribution in [2.75, 3.05) is 6.54 Å². The molecule has 0 saturated carbocycles. The van der Waals surface area contributed by atoms with Gasteiger partial charge in [0, 0.05) is 19.4 Å². The summed E-state index contributed by atoms with van der Waals surface area (Å²) in [6.45, 7) is 0.630. The molecule has 2 N–H and O–H groups in total. The van der Waals surface area contributed by atoms with Crippen LogP contribution in [0.2, 0.25) is 0 Å². The Balaban J connectivity index is 2.18. The van der Waals surface area contributed by atoms with E-state index in [9.17, 15) is 4.79 Å². The molecule has 1 fully saturated rings. The lowest BCUT2D eigenvalue weighted by atomic mass is 10.1. The zero-order valence-electron chi connectivity index (χ0n) is 6.46. The number of carbonyl (C=O) groups is 1. The molecule has 0 aromatic heterocycles. The van der Waals surface area contributed by atoms with E-state index in [2.05, 4.69) is 10.6 Å². The minimum atomic E-state index is -0.170. The first-order valence-corrected chi connectivity index (χ1v) is 4.09. The van der Waals surface area contributed by atoms with Crippen LogP contribution in [0.4, 0.5) is 0 Å². The quantitative estimate of drug-likeness (QED) is 0.466. The van der Waals surface area contributed by atoms with E-state index in [-0.39, 0.29) is 11.9 Å². The van der Waals surface area contributed by atoms with E-state index in [4.69, 9.17) is 17.5 Å². The van der Waals surface area contributed by atoms with E-state index in [0.717, 1.165) is 0 Å². The first kappa shape index (κ1) is 8.94. The van der Waals surface area contributed by atoms with Gasteiger partial charge in [0.1, 0.15) is 6.04 Å². The molecule has 0 radical (unpaired) electrons. The SMILES string of the molecule is N#CCCC(=S)NC1CNC1=O. The summed E-state index contributed by atoms with van der Waals surface area (Å²) in [6, 6.07) is 1.82. The van der Waals surface area contributed by atoms with Crippen LogP contribution in [0, 0.1) is 11.3 Å². The van der Waals surface area contributed by atoms with Gasteiger partial charge in [-0.25, -0.2) is 0 Å². The predicted octanol–water partition coefficient (Wildman–Crippen LogP) is -0.294. The van der Waals surface area contributed by atoms with Crippen LogP contribution >= 0.6 is 12.2 Å². The van der Waals surface area contributed by atoms with Gasteiger partial charge in [-0.15, -0.1) is 0 Å². The van der Waals surface area contributed by atoms with E-state index in [1.807, 2.05) is 6.07 Å². The van der Waals surface area contributed by atoms with Crippen LogP contribution in [0.15, 0.2) is 0 Å². The molecule has 64 valence electrons. The summed E-state index contributed by atoms with van der Waals surface area (Å²) < 4.78 is 0. The monoisotopic (exact) mass is 183 g/mol. The molecule has 4 nitrogen and oxygen atoms in total. The summed E-state index contributed by atoms with van der Waals surface area (Å²) in [6.07, 6.45) is 0.940. The Morgan fingerprint density at radius 2 is 2.67 bits per heavy atom. The first-order chi connectivity index (χ1) is 5.74. The smallest absolute Gasteiger partial charge is 0.244 e. The highest BCUT2D eigenvalue weighted by molar-refractivity contribution is 7.80. The molecular weight excluding hydrogens is 174 g/mol. The number of nitrogens with zero attached hydrogens (tertiary/aromatic N) is 1. The van der Waals surface area contributed by atoms with Crippen LogP contribution in [-0.2, 0) is 4.79 Å². The lowest BCUT2D eigenvalue weighted by Gasteiger charge is -2.27. The summed E-state index contributed by atoms with van der Waals surface area (Å²) in [7, 11) is 0. The number of nitriles is 1. The van der Waals surface area contributed by atoms with Crippen molar-refractivity contribution in [1.82, 2.24) is 10.6 Å². The lowest BCUT2D eigenvalue weighted by molar-refractivity contribution is -0.127. The van der Waals surface area contributed by atoms with Crippen molar-refractivity contribution >= 4 is 23.1 Å². The summed E-state index contributed by atoms with van der Waals surface area (Å²) in [4.78, 5) is 11.3. The van der Waals surface area contributed by atoms with Crippen molar-refractivity contribution in [2.24, 2.45) is 0 Å². The highest BCUT2D eigenvalue weighted by Crippen LogP contribution is 1.97. The molecule has 0 spiro atoms. The number of amides is 1. The molecule has 1 unspecified atom stereocenters. The Labute approximate surface area is 75.9 Å². The molecule has 0 bridgehead atoms. The first-order valence-electron chi connectivity index (χ1n) is 3.68. The lowest BCUT2D eigenvalue weighted by Crippen LogP contribution is -2.61. The van der Waals surface area contributed by atoms with Crippen LogP contribution in [0.1, 0.15) is 12.8 Å². The van der Waals surface area contributed by atoms with E-state index < -0.39 is 0 Å². The van der Waals surface area contributed by atoms with Crippen molar-refractivity contribution < 1.29 is 4.79 Å².